The molecular weight excluding hydrogens is 266 g/mol. The molecule has 0 aromatic heterocycles. The Bertz CT molecular complexity index is 238. The first kappa shape index (κ1) is 18.9. The Morgan fingerprint density at radius 3 is 2.05 bits per heavy atom. The van der Waals surface area contributed by atoms with Gasteiger partial charge in [0.1, 0.15) is 0 Å². The van der Waals surface area contributed by atoms with Gasteiger partial charge < -0.3 is 19.5 Å². The van der Waals surface area contributed by atoms with Crippen LogP contribution in [0.4, 0.5) is 0 Å². The van der Waals surface area contributed by atoms with Gasteiger partial charge in [-0.15, -0.1) is 0 Å². The van der Waals surface area contributed by atoms with Crippen LogP contribution in [0.15, 0.2) is 0 Å². The molecule has 1 N–H and O–H groups in total. The predicted octanol–water partition coefficient (Wildman–Crippen LogP) is 2.86. The lowest BCUT2D eigenvalue weighted by Crippen LogP contribution is -2.34. The summed E-state index contributed by atoms with van der Waals surface area (Å²) in [6.07, 6.45) is 4.98. The summed E-state index contributed by atoms with van der Waals surface area (Å²) in [5.74, 6) is 1.65. The molecule has 1 saturated carbocycles. The largest absolute Gasteiger partial charge is 0.379 e. The Morgan fingerprint density at radius 2 is 1.48 bits per heavy atom. The SMILES string of the molecule is CCCCOCCOCCOCCNC1CCC(C)C1C. The van der Waals surface area contributed by atoms with E-state index in [-0.39, 0.29) is 0 Å². The molecule has 0 radical (unpaired) electrons. The van der Waals surface area contributed by atoms with Gasteiger partial charge in [-0.2, -0.15) is 0 Å². The number of rotatable bonds is 13. The van der Waals surface area contributed by atoms with Crippen molar-refractivity contribution in [1.29, 1.82) is 0 Å². The highest BCUT2D eigenvalue weighted by Gasteiger charge is 2.28. The number of hydrogen-bond acceptors (Lipinski definition) is 4. The predicted molar refractivity (Wildman–Crippen MR) is 86.7 cm³/mol. The number of nitrogens with one attached hydrogen (secondary N) is 1. The highest BCUT2D eigenvalue weighted by Crippen LogP contribution is 2.30. The Balaban J connectivity index is 1.77. The normalized spacial score (nSPS) is 25.6. The van der Waals surface area contributed by atoms with Crippen LogP contribution < -0.4 is 5.32 Å². The molecule has 0 aliphatic heterocycles. The van der Waals surface area contributed by atoms with Crippen molar-refractivity contribution in [3.8, 4) is 0 Å². The Hall–Kier alpha value is -0.160. The fourth-order valence-corrected chi connectivity index (χ4v) is 2.76. The summed E-state index contributed by atoms with van der Waals surface area (Å²) in [5, 5.41) is 3.61. The maximum absolute atomic E-state index is 5.57. The summed E-state index contributed by atoms with van der Waals surface area (Å²) in [5.41, 5.74) is 0. The topological polar surface area (TPSA) is 39.7 Å². The van der Waals surface area contributed by atoms with E-state index in [0.717, 1.165) is 38.0 Å². The van der Waals surface area contributed by atoms with Crippen LogP contribution >= 0.6 is 0 Å². The number of unbranched alkanes of at least 4 members (excludes halogenated alkanes) is 1. The quantitative estimate of drug-likeness (QED) is 0.531. The Kier molecular flexibility index (Phi) is 11.1. The first-order chi connectivity index (χ1) is 10.3. The zero-order valence-corrected chi connectivity index (χ0v) is 14.2. The van der Waals surface area contributed by atoms with E-state index in [1.807, 2.05) is 0 Å². The number of ether oxygens (including phenoxy) is 3. The summed E-state index contributed by atoms with van der Waals surface area (Å²) in [7, 11) is 0. The van der Waals surface area contributed by atoms with Crippen LogP contribution in [0.1, 0.15) is 46.5 Å². The van der Waals surface area contributed by atoms with E-state index in [4.69, 9.17) is 14.2 Å². The maximum Gasteiger partial charge on any atom is 0.0701 e. The van der Waals surface area contributed by atoms with E-state index in [0.29, 0.717) is 32.5 Å². The summed E-state index contributed by atoms with van der Waals surface area (Å²) >= 11 is 0. The molecule has 1 rings (SSSR count). The first-order valence-electron chi connectivity index (χ1n) is 8.72. The van der Waals surface area contributed by atoms with Gasteiger partial charge in [0, 0.05) is 19.2 Å². The minimum atomic E-state index is 0.661. The van der Waals surface area contributed by atoms with Crippen LogP contribution in [-0.4, -0.2) is 52.2 Å². The van der Waals surface area contributed by atoms with Gasteiger partial charge in [0.05, 0.1) is 33.0 Å². The summed E-state index contributed by atoms with van der Waals surface area (Å²) in [6, 6.07) is 0.681. The standard InChI is InChI=1S/C17H35NO3/c1-4-5-9-19-11-13-21-14-12-20-10-8-18-17-7-6-15(2)16(17)3/h15-18H,4-14H2,1-3H3. The third-order valence-corrected chi connectivity index (χ3v) is 4.50. The third-order valence-electron chi connectivity index (χ3n) is 4.50. The molecule has 1 aliphatic rings. The van der Waals surface area contributed by atoms with E-state index in [9.17, 15) is 0 Å². The van der Waals surface area contributed by atoms with Crippen molar-refractivity contribution in [3.63, 3.8) is 0 Å². The van der Waals surface area contributed by atoms with Crippen molar-refractivity contribution >= 4 is 0 Å². The van der Waals surface area contributed by atoms with Crippen molar-refractivity contribution in [2.45, 2.75) is 52.5 Å². The van der Waals surface area contributed by atoms with Crippen LogP contribution in [0.5, 0.6) is 0 Å². The molecule has 0 saturated heterocycles. The summed E-state index contributed by atoms with van der Waals surface area (Å²) < 4.78 is 16.4. The Morgan fingerprint density at radius 1 is 0.857 bits per heavy atom. The molecule has 0 spiro atoms. The van der Waals surface area contributed by atoms with Gasteiger partial charge in [-0.05, 0) is 31.1 Å². The minimum absolute atomic E-state index is 0.661. The van der Waals surface area contributed by atoms with Crippen molar-refractivity contribution in [1.82, 2.24) is 5.32 Å². The van der Waals surface area contributed by atoms with Crippen molar-refractivity contribution < 1.29 is 14.2 Å². The molecule has 1 fully saturated rings. The highest BCUT2D eigenvalue weighted by atomic mass is 16.5. The molecule has 1 aliphatic carbocycles. The van der Waals surface area contributed by atoms with Crippen LogP contribution in [-0.2, 0) is 14.2 Å². The van der Waals surface area contributed by atoms with Crippen LogP contribution in [0.3, 0.4) is 0 Å². The van der Waals surface area contributed by atoms with Crippen LogP contribution in [0.2, 0.25) is 0 Å². The second-order valence-electron chi connectivity index (χ2n) is 6.17. The van der Waals surface area contributed by atoms with Gasteiger partial charge in [0.15, 0.2) is 0 Å². The molecule has 0 heterocycles. The van der Waals surface area contributed by atoms with Crippen molar-refractivity contribution in [3.05, 3.63) is 0 Å². The van der Waals surface area contributed by atoms with Gasteiger partial charge >= 0.3 is 0 Å². The van der Waals surface area contributed by atoms with Crippen molar-refractivity contribution in [2.75, 3.05) is 46.2 Å². The summed E-state index contributed by atoms with van der Waals surface area (Å²) in [4.78, 5) is 0. The molecule has 0 aromatic rings. The lowest BCUT2D eigenvalue weighted by molar-refractivity contribution is 0.0143. The molecule has 0 aromatic carbocycles. The molecule has 4 nitrogen and oxygen atoms in total. The second-order valence-corrected chi connectivity index (χ2v) is 6.17. The highest BCUT2D eigenvalue weighted by molar-refractivity contribution is 4.84. The van der Waals surface area contributed by atoms with E-state index in [2.05, 4.69) is 26.1 Å². The zero-order valence-electron chi connectivity index (χ0n) is 14.2. The third kappa shape index (κ3) is 8.77. The zero-order chi connectivity index (χ0) is 15.3. The summed E-state index contributed by atoms with van der Waals surface area (Å²) in [6.45, 7) is 12.1. The van der Waals surface area contributed by atoms with Gasteiger partial charge in [-0.1, -0.05) is 27.2 Å². The van der Waals surface area contributed by atoms with Gasteiger partial charge in [-0.3, -0.25) is 0 Å². The monoisotopic (exact) mass is 301 g/mol. The van der Waals surface area contributed by atoms with E-state index < -0.39 is 0 Å². The minimum Gasteiger partial charge on any atom is -0.379 e. The Labute approximate surface area is 130 Å². The van der Waals surface area contributed by atoms with Gasteiger partial charge in [0.2, 0.25) is 0 Å². The lowest BCUT2D eigenvalue weighted by atomic mass is 9.98. The second kappa shape index (κ2) is 12.4. The molecular formula is C17H35NO3. The molecule has 21 heavy (non-hydrogen) atoms. The average Bonchev–Trinajstić information content (AvgIpc) is 2.80. The van der Waals surface area contributed by atoms with Crippen molar-refractivity contribution in [2.24, 2.45) is 11.8 Å². The molecule has 126 valence electrons. The first-order valence-corrected chi connectivity index (χ1v) is 8.72. The van der Waals surface area contributed by atoms with Gasteiger partial charge in [0.25, 0.3) is 0 Å². The van der Waals surface area contributed by atoms with Crippen LogP contribution in [0.25, 0.3) is 0 Å². The molecule has 3 unspecified atom stereocenters. The van der Waals surface area contributed by atoms with E-state index in [1.54, 1.807) is 0 Å². The van der Waals surface area contributed by atoms with Crippen LogP contribution in [0, 0.1) is 11.8 Å². The van der Waals surface area contributed by atoms with Gasteiger partial charge in [-0.25, -0.2) is 0 Å². The van der Waals surface area contributed by atoms with E-state index in [1.165, 1.54) is 19.3 Å². The fourth-order valence-electron chi connectivity index (χ4n) is 2.76. The van der Waals surface area contributed by atoms with E-state index >= 15 is 0 Å². The number of hydrogen-bond donors (Lipinski definition) is 1. The smallest absolute Gasteiger partial charge is 0.0701 e. The molecule has 3 atom stereocenters. The maximum atomic E-state index is 5.57. The lowest BCUT2D eigenvalue weighted by Gasteiger charge is -2.19. The molecule has 4 heteroatoms. The fraction of sp³-hybridized carbons (Fsp3) is 1.00. The molecule has 0 amide bonds. The average molecular weight is 301 g/mol. The molecule has 0 bridgehead atoms.